The maximum Gasteiger partial charge on any atom is 0.392 e. The molecule has 0 amide bonds. The van der Waals surface area contributed by atoms with Gasteiger partial charge in [0.05, 0.1) is 6.42 Å². The van der Waals surface area contributed by atoms with Crippen molar-refractivity contribution in [2.75, 3.05) is 0 Å². The Morgan fingerprint density at radius 2 is 2.00 bits per heavy atom. The van der Waals surface area contributed by atoms with Gasteiger partial charge in [-0.1, -0.05) is 44.2 Å². The van der Waals surface area contributed by atoms with Gasteiger partial charge in [-0.15, -0.1) is 0 Å². The highest BCUT2D eigenvalue weighted by atomic mass is 19.4. The third-order valence-electron chi connectivity index (χ3n) is 1.55. The summed E-state index contributed by atoms with van der Waals surface area (Å²) in [6, 6.07) is 0. The molecule has 0 bridgehead atoms. The zero-order chi connectivity index (χ0) is 11.0. The first-order valence-electron chi connectivity index (χ1n) is 4.54. The summed E-state index contributed by atoms with van der Waals surface area (Å²) in [6.07, 6.45) is 2.69. The molecule has 0 nitrogen and oxygen atoms in total. The van der Waals surface area contributed by atoms with Crippen LogP contribution in [0.25, 0.3) is 0 Å². The van der Waals surface area contributed by atoms with Crippen LogP contribution in [0.2, 0.25) is 0 Å². The highest BCUT2D eigenvalue weighted by Crippen LogP contribution is 2.20. The molecule has 0 unspecified atom stereocenters. The third kappa shape index (κ3) is 7.65. The molecule has 0 N–H and O–H groups in total. The van der Waals surface area contributed by atoms with E-state index in [1.807, 2.05) is 6.92 Å². The van der Waals surface area contributed by atoms with Crippen LogP contribution >= 0.6 is 0 Å². The average Bonchev–Trinajstić information content (AvgIpc) is 2.02. The zero-order valence-corrected chi connectivity index (χ0v) is 8.27. The van der Waals surface area contributed by atoms with E-state index in [0.29, 0.717) is 0 Å². The van der Waals surface area contributed by atoms with Crippen molar-refractivity contribution in [2.24, 2.45) is 0 Å². The second-order valence-electron chi connectivity index (χ2n) is 2.95. The van der Waals surface area contributed by atoms with Crippen LogP contribution < -0.4 is 0 Å². The number of hydrogen-bond acceptors (Lipinski definition) is 0. The van der Waals surface area contributed by atoms with E-state index in [4.69, 9.17) is 0 Å². The number of alkyl halides is 3. The van der Waals surface area contributed by atoms with Gasteiger partial charge >= 0.3 is 6.18 Å². The Labute approximate surface area is 82.8 Å². The van der Waals surface area contributed by atoms with Gasteiger partial charge in [-0.05, 0) is 12.0 Å². The monoisotopic (exact) mass is 204 g/mol. The maximum atomic E-state index is 11.8. The van der Waals surface area contributed by atoms with Crippen LogP contribution in [-0.2, 0) is 0 Å². The van der Waals surface area contributed by atoms with E-state index in [0.717, 1.165) is 24.5 Å². The summed E-state index contributed by atoms with van der Waals surface area (Å²) < 4.78 is 35.4. The molecule has 0 aliphatic rings. The molecule has 0 rings (SSSR count). The summed E-state index contributed by atoms with van der Waals surface area (Å²) in [5.74, 6) is 0. The summed E-state index contributed by atoms with van der Waals surface area (Å²) in [6.45, 7) is 5.49. The number of allylic oxidation sites excluding steroid dienone is 5. The van der Waals surface area contributed by atoms with Gasteiger partial charge in [-0.25, -0.2) is 0 Å². The lowest BCUT2D eigenvalue weighted by Gasteiger charge is -2.01. The van der Waals surface area contributed by atoms with Crippen LogP contribution in [0, 0.1) is 0 Å². The molecule has 0 heterocycles. The maximum absolute atomic E-state index is 11.8. The van der Waals surface area contributed by atoms with E-state index >= 15 is 0 Å². The minimum Gasteiger partial charge on any atom is -0.171 e. The van der Waals surface area contributed by atoms with Crippen molar-refractivity contribution >= 4 is 0 Å². The van der Waals surface area contributed by atoms with E-state index in [9.17, 15) is 13.2 Å². The van der Waals surface area contributed by atoms with Crippen LogP contribution in [-0.4, -0.2) is 6.18 Å². The van der Waals surface area contributed by atoms with Gasteiger partial charge in [-0.3, -0.25) is 0 Å². The van der Waals surface area contributed by atoms with Crippen LogP contribution in [0.3, 0.4) is 0 Å². The fraction of sp³-hybridized carbons (Fsp3) is 0.455. The minimum absolute atomic E-state index is 0.778. The second-order valence-corrected chi connectivity index (χ2v) is 2.95. The van der Waals surface area contributed by atoms with E-state index in [2.05, 4.69) is 6.58 Å². The lowest BCUT2D eigenvalue weighted by molar-refractivity contribution is -0.125. The van der Waals surface area contributed by atoms with Gasteiger partial charge in [0.1, 0.15) is 0 Å². The molecular formula is C11H15F3. The van der Waals surface area contributed by atoms with Crippen LogP contribution in [0.1, 0.15) is 26.2 Å². The topological polar surface area (TPSA) is 0 Å². The molecule has 80 valence electrons. The summed E-state index contributed by atoms with van der Waals surface area (Å²) in [4.78, 5) is 0. The predicted octanol–water partition coefficient (Wildman–Crippen LogP) is 4.41. The Morgan fingerprint density at radius 3 is 2.43 bits per heavy atom. The van der Waals surface area contributed by atoms with Crippen molar-refractivity contribution in [3.8, 4) is 0 Å². The van der Waals surface area contributed by atoms with Gasteiger partial charge in [0.25, 0.3) is 0 Å². The molecule has 0 spiro atoms. The number of rotatable bonds is 5. The van der Waals surface area contributed by atoms with Crippen molar-refractivity contribution in [1.82, 2.24) is 0 Å². The van der Waals surface area contributed by atoms with Crippen molar-refractivity contribution in [3.05, 3.63) is 36.5 Å². The molecule has 0 aromatic heterocycles. The van der Waals surface area contributed by atoms with Crippen molar-refractivity contribution in [3.63, 3.8) is 0 Å². The first kappa shape index (κ1) is 13.0. The fourth-order valence-corrected chi connectivity index (χ4v) is 1.01. The summed E-state index contributed by atoms with van der Waals surface area (Å²) in [5, 5.41) is 0. The van der Waals surface area contributed by atoms with Crippen LogP contribution in [0.15, 0.2) is 36.5 Å². The lowest BCUT2D eigenvalue weighted by atomic mass is 10.1. The van der Waals surface area contributed by atoms with Gasteiger partial charge in [-0.2, -0.15) is 13.2 Å². The SMILES string of the molecule is C=C/C=C(\C=C/CC(F)(F)F)CCC. The molecular weight excluding hydrogens is 189 g/mol. The highest BCUT2D eigenvalue weighted by molar-refractivity contribution is 5.22. The Kier molecular flexibility index (Phi) is 6.00. The van der Waals surface area contributed by atoms with Crippen LogP contribution in [0.4, 0.5) is 13.2 Å². The molecule has 0 saturated heterocycles. The molecule has 3 heteroatoms. The molecule has 14 heavy (non-hydrogen) atoms. The van der Waals surface area contributed by atoms with Crippen molar-refractivity contribution in [1.29, 1.82) is 0 Å². The Balaban J connectivity index is 4.16. The molecule has 0 aliphatic heterocycles. The first-order chi connectivity index (χ1) is 6.49. The molecule has 0 aromatic rings. The summed E-state index contributed by atoms with van der Waals surface area (Å²) in [7, 11) is 0. The summed E-state index contributed by atoms with van der Waals surface area (Å²) >= 11 is 0. The number of halogens is 3. The van der Waals surface area contributed by atoms with E-state index in [1.165, 1.54) is 6.08 Å². The van der Waals surface area contributed by atoms with E-state index in [-0.39, 0.29) is 0 Å². The minimum atomic E-state index is -4.11. The van der Waals surface area contributed by atoms with Gasteiger partial charge < -0.3 is 0 Å². The molecule has 0 saturated carbocycles. The quantitative estimate of drug-likeness (QED) is 0.582. The normalized spacial score (nSPS) is 13.6. The first-order valence-corrected chi connectivity index (χ1v) is 4.54. The van der Waals surface area contributed by atoms with Crippen molar-refractivity contribution in [2.45, 2.75) is 32.4 Å². The largest absolute Gasteiger partial charge is 0.392 e. The summed E-state index contributed by atoms with van der Waals surface area (Å²) in [5.41, 5.74) is 0.881. The zero-order valence-electron chi connectivity index (χ0n) is 8.27. The second kappa shape index (κ2) is 6.46. The van der Waals surface area contributed by atoms with Gasteiger partial charge in [0, 0.05) is 0 Å². The van der Waals surface area contributed by atoms with Crippen LogP contribution in [0.5, 0.6) is 0 Å². The smallest absolute Gasteiger partial charge is 0.171 e. The average molecular weight is 204 g/mol. The number of hydrogen-bond donors (Lipinski definition) is 0. The standard InChI is InChI=1S/C11H15F3/c1-3-6-10(7-4-2)8-5-9-11(12,13)14/h3,5-6,8H,1,4,7,9H2,2H3/b8-5-,10-6-. The van der Waals surface area contributed by atoms with Gasteiger partial charge in [0.15, 0.2) is 0 Å². The Morgan fingerprint density at radius 1 is 1.36 bits per heavy atom. The van der Waals surface area contributed by atoms with Crippen molar-refractivity contribution < 1.29 is 13.2 Å². The Bertz CT molecular complexity index is 221. The molecule has 0 radical (unpaired) electrons. The fourth-order valence-electron chi connectivity index (χ4n) is 1.01. The third-order valence-corrected chi connectivity index (χ3v) is 1.55. The van der Waals surface area contributed by atoms with E-state index < -0.39 is 12.6 Å². The predicted molar refractivity (Wildman–Crippen MR) is 53.0 cm³/mol. The lowest BCUT2D eigenvalue weighted by Crippen LogP contribution is -2.04. The molecule has 0 aliphatic carbocycles. The molecule has 0 aromatic carbocycles. The van der Waals surface area contributed by atoms with E-state index in [1.54, 1.807) is 12.2 Å². The molecule has 0 atom stereocenters. The van der Waals surface area contributed by atoms with Gasteiger partial charge in [0.2, 0.25) is 0 Å². The highest BCUT2D eigenvalue weighted by Gasteiger charge is 2.24. The Hall–Kier alpha value is -0.990. The molecule has 0 fully saturated rings.